The zero-order valence-corrected chi connectivity index (χ0v) is 14.4. The van der Waals surface area contributed by atoms with Crippen molar-refractivity contribution in [3.05, 3.63) is 55.7 Å². The molecule has 1 heterocycles. The van der Waals surface area contributed by atoms with Crippen molar-refractivity contribution in [3.63, 3.8) is 0 Å². The molecular formula is C17H19Cl2NS. The summed E-state index contributed by atoms with van der Waals surface area (Å²) in [4.78, 5) is 0. The maximum Gasteiger partial charge on any atom is 0.0995 e. The average molecular weight is 340 g/mol. The average Bonchev–Trinajstić information content (AvgIpc) is 2.74. The lowest BCUT2D eigenvalue weighted by Crippen LogP contribution is -2.24. The van der Waals surface area contributed by atoms with Gasteiger partial charge in [-0.15, -0.1) is 11.3 Å². The number of halogens is 2. The summed E-state index contributed by atoms with van der Waals surface area (Å²) >= 11 is 14.0. The van der Waals surface area contributed by atoms with Crippen molar-refractivity contribution in [2.45, 2.75) is 38.1 Å². The van der Waals surface area contributed by atoms with Crippen LogP contribution in [0.3, 0.4) is 0 Å². The van der Waals surface area contributed by atoms with Crippen molar-refractivity contribution in [2.24, 2.45) is 0 Å². The van der Waals surface area contributed by atoms with E-state index >= 15 is 0 Å². The summed E-state index contributed by atoms with van der Waals surface area (Å²) in [6.45, 7) is 3.02. The van der Waals surface area contributed by atoms with Gasteiger partial charge in [-0.1, -0.05) is 60.8 Å². The van der Waals surface area contributed by atoms with E-state index in [4.69, 9.17) is 23.2 Å². The fraction of sp³-hybridized carbons (Fsp3) is 0.412. The summed E-state index contributed by atoms with van der Waals surface area (Å²) in [6.07, 6.45) is 3.94. The van der Waals surface area contributed by atoms with E-state index in [2.05, 4.69) is 36.5 Å². The Hall–Kier alpha value is -0.540. The monoisotopic (exact) mass is 339 g/mol. The number of benzene rings is 1. The molecule has 1 fully saturated rings. The van der Waals surface area contributed by atoms with E-state index in [-0.39, 0.29) is 6.04 Å². The van der Waals surface area contributed by atoms with Crippen LogP contribution in [0.2, 0.25) is 8.67 Å². The van der Waals surface area contributed by atoms with Crippen molar-refractivity contribution in [2.75, 3.05) is 6.54 Å². The SMILES string of the molecule is CCNC(c1ccccc1C1CCC1)c1cc(Cl)sc1Cl. The summed E-state index contributed by atoms with van der Waals surface area (Å²) < 4.78 is 1.54. The molecule has 0 aliphatic heterocycles. The van der Waals surface area contributed by atoms with Crippen LogP contribution in [-0.2, 0) is 0 Å². The van der Waals surface area contributed by atoms with Gasteiger partial charge >= 0.3 is 0 Å². The summed E-state index contributed by atoms with van der Waals surface area (Å²) in [6, 6.07) is 10.9. The molecule has 0 radical (unpaired) electrons. The number of nitrogens with one attached hydrogen (secondary N) is 1. The summed E-state index contributed by atoms with van der Waals surface area (Å²) in [5, 5.41) is 3.58. The fourth-order valence-electron chi connectivity index (χ4n) is 3.01. The van der Waals surface area contributed by atoms with Gasteiger partial charge in [0.05, 0.1) is 14.7 Å². The molecule has 0 bridgehead atoms. The van der Waals surface area contributed by atoms with Crippen molar-refractivity contribution >= 4 is 34.5 Å². The predicted molar refractivity (Wildman–Crippen MR) is 92.9 cm³/mol. The Bertz CT molecular complexity index is 619. The molecular weight excluding hydrogens is 321 g/mol. The van der Waals surface area contributed by atoms with Crippen LogP contribution in [0.15, 0.2) is 30.3 Å². The predicted octanol–water partition coefficient (Wildman–Crippen LogP) is 6.02. The maximum atomic E-state index is 6.40. The molecule has 1 unspecified atom stereocenters. The molecule has 1 nitrogen and oxygen atoms in total. The van der Waals surface area contributed by atoms with Crippen LogP contribution in [0.5, 0.6) is 0 Å². The summed E-state index contributed by atoms with van der Waals surface area (Å²) in [5.74, 6) is 0.704. The second-order valence-electron chi connectivity index (χ2n) is 5.53. The lowest BCUT2D eigenvalue weighted by molar-refractivity contribution is 0.414. The third-order valence-electron chi connectivity index (χ3n) is 4.25. The first-order valence-electron chi connectivity index (χ1n) is 7.47. The fourth-order valence-corrected chi connectivity index (χ4v) is 4.54. The topological polar surface area (TPSA) is 12.0 Å². The number of hydrogen-bond acceptors (Lipinski definition) is 2. The van der Waals surface area contributed by atoms with E-state index in [0.29, 0.717) is 5.92 Å². The highest BCUT2D eigenvalue weighted by atomic mass is 35.5. The Morgan fingerprint density at radius 3 is 2.57 bits per heavy atom. The molecule has 0 amide bonds. The largest absolute Gasteiger partial charge is 0.306 e. The summed E-state index contributed by atoms with van der Waals surface area (Å²) in [5.41, 5.74) is 3.91. The molecule has 1 aromatic heterocycles. The van der Waals surface area contributed by atoms with Crippen molar-refractivity contribution in [3.8, 4) is 0 Å². The highest BCUT2D eigenvalue weighted by Gasteiger charge is 2.27. The molecule has 1 N–H and O–H groups in total. The molecule has 1 saturated carbocycles. The lowest BCUT2D eigenvalue weighted by Gasteiger charge is -2.30. The Kier molecular flexibility index (Phi) is 4.90. The first kappa shape index (κ1) is 15.4. The quantitative estimate of drug-likeness (QED) is 0.702. The minimum atomic E-state index is 0.128. The normalized spacial score (nSPS) is 16.7. The van der Waals surface area contributed by atoms with Crippen LogP contribution in [-0.4, -0.2) is 6.54 Å². The van der Waals surface area contributed by atoms with Crippen molar-refractivity contribution in [1.82, 2.24) is 5.32 Å². The van der Waals surface area contributed by atoms with E-state index in [1.165, 1.54) is 41.7 Å². The standard InChI is InChI=1S/C17H19Cl2NS/c1-2-20-16(14-10-15(18)21-17(14)19)13-9-4-3-8-12(13)11-6-5-7-11/h3-4,8-11,16,20H,2,5-7H2,1H3. The van der Waals surface area contributed by atoms with Crippen molar-refractivity contribution < 1.29 is 0 Å². The lowest BCUT2D eigenvalue weighted by atomic mass is 9.76. The molecule has 21 heavy (non-hydrogen) atoms. The van der Waals surface area contributed by atoms with Gasteiger partial charge in [-0.2, -0.15) is 0 Å². The smallest absolute Gasteiger partial charge is 0.0995 e. The van der Waals surface area contributed by atoms with Crippen LogP contribution >= 0.6 is 34.5 Å². The molecule has 1 atom stereocenters. The minimum Gasteiger partial charge on any atom is -0.306 e. The van der Waals surface area contributed by atoms with E-state index in [0.717, 1.165) is 20.8 Å². The first-order chi connectivity index (χ1) is 10.2. The zero-order valence-electron chi connectivity index (χ0n) is 12.0. The molecule has 1 aliphatic carbocycles. The first-order valence-corrected chi connectivity index (χ1v) is 9.05. The van der Waals surface area contributed by atoms with Gasteiger partial charge in [0.2, 0.25) is 0 Å². The van der Waals surface area contributed by atoms with Gasteiger partial charge in [0.15, 0.2) is 0 Å². The van der Waals surface area contributed by atoms with Crippen LogP contribution in [0.4, 0.5) is 0 Å². The Labute approximate surface area is 140 Å². The molecule has 4 heteroatoms. The second-order valence-corrected chi connectivity index (χ2v) is 7.81. The van der Waals surface area contributed by atoms with Crippen LogP contribution in [0, 0.1) is 0 Å². The third-order valence-corrected chi connectivity index (χ3v) is 5.77. The highest BCUT2D eigenvalue weighted by molar-refractivity contribution is 7.20. The maximum absolute atomic E-state index is 6.40. The van der Waals surface area contributed by atoms with Crippen LogP contribution in [0.1, 0.15) is 54.8 Å². The molecule has 0 spiro atoms. The summed E-state index contributed by atoms with van der Waals surface area (Å²) in [7, 11) is 0. The van der Waals surface area contributed by atoms with E-state index in [1.807, 2.05) is 6.07 Å². The van der Waals surface area contributed by atoms with Crippen molar-refractivity contribution in [1.29, 1.82) is 0 Å². The molecule has 2 aromatic rings. The number of thiophene rings is 1. The molecule has 112 valence electrons. The number of rotatable bonds is 5. The van der Waals surface area contributed by atoms with Gasteiger partial charge in [-0.3, -0.25) is 0 Å². The van der Waals surface area contributed by atoms with Gasteiger partial charge in [-0.25, -0.2) is 0 Å². The highest BCUT2D eigenvalue weighted by Crippen LogP contribution is 2.43. The second kappa shape index (κ2) is 6.70. The Morgan fingerprint density at radius 2 is 2.00 bits per heavy atom. The number of hydrogen-bond donors (Lipinski definition) is 1. The van der Waals surface area contributed by atoms with Gasteiger partial charge < -0.3 is 5.32 Å². The minimum absolute atomic E-state index is 0.128. The van der Waals surface area contributed by atoms with Gasteiger partial charge in [0, 0.05) is 5.56 Å². The van der Waals surface area contributed by atoms with Crippen LogP contribution < -0.4 is 5.32 Å². The Morgan fingerprint density at radius 1 is 1.24 bits per heavy atom. The molecule has 0 saturated heterocycles. The van der Waals surface area contributed by atoms with E-state index in [9.17, 15) is 0 Å². The Balaban J connectivity index is 2.03. The van der Waals surface area contributed by atoms with Gasteiger partial charge in [0.25, 0.3) is 0 Å². The zero-order chi connectivity index (χ0) is 14.8. The van der Waals surface area contributed by atoms with Gasteiger partial charge in [0.1, 0.15) is 0 Å². The molecule has 1 aliphatic rings. The third kappa shape index (κ3) is 3.14. The van der Waals surface area contributed by atoms with Gasteiger partial charge in [-0.05, 0) is 42.5 Å². The van der Waals surface area contributed by atoms with Crippen LogP contribution in [0.25, 0.3) is 0 Å². The molecule has 1 aromatic carbocycles. The molecule has 3 rings (SSSR count). The van der Waals surface area contributed by atoms with E-state index < -0.39 is 0 Å². The van der Waals surface area contributed by atoms with E-state index in [1.54, 1.807) is 0 Å².